The molecule has 2 aliphatic carbocycles. The van der Waals surface area contributed by atoms with Crippen LogP contribution in [0.25, 0.3) is 0 Å². The quantitative estimate of drug-likeness (QED) is 0.611. The molecular weight excluding hydrogens is 252 g/mol. The largest absolute Gasteiger partial charge is 0.298 e. The summed E-state index contributed by atoms with van der Waals surface area (Å²) < 4.78 is 0. The molecule has 0 spiro atoms. The van der Waals surface area contributed by atoms with Gasteiger partial charge in [-0.25, -0.2) is 0 Å². The first-order valence-electron chi connectivity index (χ1n) is 6.02. The lowest BCUT2D eigenvalue weighted by Crippen LogP contribution is -2.49. The van der Waals surface area contributed by atoms with E-state index >= 15 is 0 Å². The lowest BCUT2D eigenvalue weighted by atomic mass is 9.51. The van der Waals surface area contributed by atoms with Crippen molar-refractivity contribution in [3.8, 4) is 0 Å². The molecule has 0 aromatic carbocycles. The van der Waals surface area contributed by atoms with E-state index in [1.165, 1.54) is 19.3 Å². The number of ketones is 1. The van der Waals surface area contributed by atoms with Crippen molar-refractivity contribution < 1.29 is 4.79 Å². The van der Waals surface area contributed by atoms with Crippen LogP contribution in [0.1, 0.15) is 52.9 Å². The Morgan fingerprint density at radius 3 is 2.60 bits per heavy atom. The topological polar surface area (TPSA) is 17.1 Å². The predicted molar refractivity (Wildman–Crippen MR) is 66.2 cm³/mol. The summed E-state index contributed by atoms with van der Waals surface area (Å²) in [4.78, 5) is 12.0. The summed E-state index contributed by atoms with van der Waals surface area (Å²) in [6, 6.07) is 0. The molecular formula is C13H21BrO. The lowest BCUT2D eigenvalue weighted by molar-refractivity contribution is -0.130. The van der Waals surface area contributed by atoms with Gasteiger partial charge in [0, 0.05) is 6.42 Å². The lowest BCUT2D eigenvalue weighted by Gasteiger charge is -2.54. The van der Waals surface area contributed by atoms with Crippen molar-refractivity contribution in [2.75, 3.05) is 0 Å². The van der Waals surface area contributed by atoms with E-state index in [0.29, 0.717) is 22.5 Å². The van der Waals surface area contributed by atoms with Crippen LogP contribution in [-0.4, -0.2) is 10.6 Å². The van der Waals surface area contributed by atoms with Crippen LogP contribution < -0.4 is 0 Å². The maximum Gasteiger partial charge on any atom is 0.146 e. The number of carbonyl (C=O) groups excluding carboxylic acids is 1. The van der Waals surface area contributed by atoms with Crippen molar-refractivity contribution in [2.24, 2.45) is 16.7 Å². The van der Waals surface area contributed by atoms with Gasteiger partial charge in [-0.1, -0.05) is 43.1 Å². The van der Waals surface area contributed by atoms with Crippen LogP contribution >= 0.6 is 15.9 Å². The highest BCUT2D eigenvalue weighted by atomic mass is 79.9. The fourth-order valence-corrected chi connectivity index (χ4v) is 4.79. The van der Waals surface area contributed by atoms with Gasteiger partial charge in [0.15, 0.2) is 0 Å². The van der Waals surface area contributed by atoms with Crippen molar-refractivity contribution in [3.05, 3.63) is 0 Å². The molecule has 86 valence electrons. The molecule has 0 N–H and O–H groups in total. The van der Waals surface area contributed by atoms with Crippen LogP contribution in [0.2, 0.25) is 0 Å². The zero-order chi connectivity index (χ0) is 11.3. The molecule has 3 atom stereocenters. The van der Waals surface area contributed by atoms with Gasteiger partial charge in [0.25, 0.3) is 0 Å². The molecule has 2 aliphatic rings. The molecule has 0 unspecified atom stereocenters. The third-order valence-corrected chi connectivity index (χ3v) is 5.59. The molecule has 2 saturated carbocycles. The summed E-state index contributed by atoms with van der Waals surface area (Å²) in [5.74, 6) is 1.02. The van der Waals surface area contributed by atoms with E-state index in [-0.39, 0.29) is 4.83 Å². The number of rotatable bonds is 0. The molecule has 0 aromatic heterocycles. The standard InChI is InChI=1S/C13H21BrO/c1-12(2)5-4-6-13(3)8-9(14)10(15)7-11(12)13/h9,11H,4-8H2,1-3H3/t9-,11-,13+/m0/s1. The average Bonchev–Trinajstić information content (AvgIpc) is 2.09. The highest BCUT2D eigenvalue weighted by Crippen LogP contribution is 2.57. The Labute approximate surface area is 101 Å². The van der Waals surface area contributed by atoms with E-state index in [4.69, 9.17) is 0 Å². The Balaban J connectivity index is 2.28. The molecule has 0 radical (unpaired) electrons. The number of fused-ring (bicyclic) bond motifs is 1. The first-order chi connectivity index (χ1) is 6.85. The third-order valence-electron chi connectivity index (χ3n) is 4.75. The fraction of sp³-hybridized carbons (Fsp3) is 0.923. The molecule has 0 saturated heterocycles. The van der Waals surface area contributed by atoms with Crippen molar-refractivity contribution in [2.45, 2.75) is 57.7 Å². The Kier molecular flexibility index (Phi) is 2.77. The molecule has 1 nitrogen and oxygen atoms in total. The minimum absolute atomic E-state index is 0.118. The average molecular weight is 273 g/mol. The summed E-state index contributed by atoms with van der Waals surface area (Å²) in [5.41, 5.74) is 0.750. The van der Waals surface area contributed by atoms with Crippen LogP contribution in [0.15, 0.2) is 0 Å². The Morgan fingerprint density at radius 2 is 1.93 bits per heavy atom. The SMILES string of the molecule is CC1(C)CCC[C@]2(C)C[C@H](Br)C(=O)C[C@@H]12. The fourth-order valence-electron chi connectivity index (χ4n) is 3.86. The maximum absolute atomic E-state index is 11.8. The van der Waals surface area contributed by atoms with Gasteiger partial charge >= 0.3 is 0 Å². The summed E-state index contributed by atoms with van der Waals surface area (Å²) in [6.45, 7) is 7.08. The van der Waals surface area contributed by atoms with E-state index in [1.807, 2.05) is 0 Å². The van der Waals surface area contributed by atoms with Crippen LogP contribution in [-0.2, 0) is 4.79 Å². The predicted octanol–water partition coefficient (Wildman–Crippen LogP) is 3.95. The summed E-state index contributed by atoms with van der Waals surface area (Å²) in [5, 5.41) is 0. The molecule has 2 heteroatoms. The smallest absolute Gasteiger partial charge is 0.146 e. The number of Topliss-reactive ketones (excluding diaryl/α,β-unsaturated/α-hetero) is 1. The van der Waals surface area contributed by atoms with Crippen LogP contribution in [0, 0.1) is 16.7 Å². The number of halogens is 1. The van der Waals surface area contributed by atoms with Gasteiger partial charge < -0.3 is 0 Å². The summed E-state index contributed by atoms with van der Waals surface area (Å²) >= 11 is 3.54. The van der Waals surface area contributed by atoms with E-state index < -0.39 is 0 Å². The van der Waals surface area contributed by atoms with Gasteiger partial charge in [-0.15, -0.1) is 0 Å². The van der Waals surface area contributed by atoms with Gasteiger partial charge in [-0.2, -0.15) is 0 Å². The normalized spacial score (nSPS) is 44.9. The van der Waals surface area contributed by atoms with Crippen molar-refractivity contribution in [1.82, 2.24) is 0 Å². The second-order valence-electron chi connectivity index (χ2n) is 6.39. The molecule has 0 aromatic rings. The first-order valence-corrected chi connectivity index (χ1v) is 6.93. The van der Waals surface area contributed by atoms with E-state index in [1.54, 1.807) is 0 Å². The number of alkyl halides is 1. The molecule has 2 rings (SSSR count). The maximum atomic E-state index is 11.8. The highest BCUT2D eigenvalue weighted by Gasteiger charge is 2.51. The number of hydrogen-bond acceptors (Lipinski definition) is 1. The second-order valence-corrected chi connectivity index (χ2v) is 7.50. The van der Waals surface area contributed by atoms with Crippen LogP contribution in [0.5, 0.6) is 0 Å². The van der Waals surface area contributed by atoms with E-state index in [2.05, 4.69) is 36.7 Å². The van der Waals surface area contributed by atoms with Gasteiger partial charge in [0.1, 0.15) is 5.78 Å². The Morgan fingerprint density at radius 1 is 1.27 bits per heavy atom. The van der Waals surface area contributed by atoms with Crippen LogP contribution in [0.4, 0.5) is 0 Å². The molecule has 2 fully saturated rings. The van der Waals surface area contributed by atoms with Gasteiger partial charge in [-0.3, -0.25) is 4.79 Å². The van der Waals surface area contributed by atoms with Gasteiger partial charge in [-0.05, 0) is 36.0 Å². The van der Waals surface area contributed by atoms with E-state index in [9.17, 15) is 4.79 Å². The zero-order valence-electron chi connectivity index (χ0n) is 9.98. The number of carbonyl (C=O) groups is 1. The Hall–Kier alpha value is 0.150. The van der Waals surface area contributed by atoms with Crippen molar-refractivity contribution in [1.29, 1.82) is 0 Å². The first kappa shape index (κ1) is 11.6. The monoisotopic (exact) mass is 272 g/mol. The highest BCUT2D eigenvalue weighted by molar-refractivity contribution is 9.10. The summed E-state index contributed by atoms with van der Waals surface area (Å²) in [6.07, 6.45) is 5.75. The van der Waals surface area contributed by atoms with Crippen LogP contribution in [0.3, 0.4) is 0 Å². The Bertz CT molecular complexity index is 284. The van der Waals surface area contributed by atoms with Crippen molar-refractivity contribution >= 4 is 21.7 Å². The molecule has 0 aliphatic heterocycles. The summed E-state index contributed by atoms with van der Waals surface area (Å²) in [7, 11) is 0. The minimum atomic E-state index is 0.118. The van der Waals surface area contributed by atoms with Gasteiger partial charge in [0.05, 0.1) is 4.83 Å². The molecule has 0 heterocycles. The zero-order valence-corrected chi connectivity index (χ0v) is 11.6. The van der Waals surface area contributed by atoms with Gasteiger partial charge in [0.2, 0.25) is 0 Å². The number of hydrogen-bond donors (Lipinski definition) is 0. The molecule has 15 heavy (non-hydrogen) atoms. The van der Waals surface area contributed by atoms with Crippen molar-refractivity contribution in [3.63, 3.8) is 0 Å². The molecule has 0 amide bonds. The second kappa shape index (κ2) is 3.58. The third kappa shape index (κ3) is 1.90. The van der Waals surface area contributed by atoms with E-state index in [0.717, 1.165) is 12.8 Å². The minimum Gasteiger partial charge on any atom is -0.298 e. The molecule has 0 bridgehead atoms.